The van der Waals surface area contributed by atoms with E-state index < -0.39 is 10.0 Å². The SMILES string of the molecule is CCNCc1cc(S(=O)(=O)Nc2cc(C)ccc2C)cs1. The van der Waals surface area contributed by atoms with Crippen LogP contribution in [0.3, 0.4) is 0 Å². The summed E-state index contributed by atoms with van der Waals surface area (Å²) in [5, 5.41) is 4.87. The Morgan fingerprint density at radius 1 is 1.19 bits per heavy atom. The highest BCUT2D eigenvalue weighted by Gasteiger charge is 2.17. The fraction of sp³-hybridized carbons (Fsp3) is 0.333. The monoisotopic (exact) mass is 324 g/mol. The maximum atomic E-state index is 12.4. The number of hydrogen-bond acceptors (Lipinski definition) is 4. The second kappa shape index (κ2) is 6.60. The molecule has 0 radical (unpaired) electrons. The summed E-state index contributed by atoms with van der Waals surface area (Å²) in [5.74, 6) is 0. The number of rotatable bonds is 6. The number of aryl methyl sites for hydroxylation is 2. The minimum Gasteiger partial charge on any atom is -0.312 e. The van der Waals surface area contributed by atoms with E-state index in [1.807, 2.05) is 39.0 Å². The number of benzene rings is 1. The zero-order chi connectivity index (χ0) is 15.5. The fourth-order valence-corrected chi connectivity index (χ4v) is 4.26. The smallest absolute Gasteiger partial charge is 0.262 e. The zero-order valence-electron chi connectivity index (χ0n) is 12.4. The molecule has 0 amide bonds. The van der Waals surface area contributed by atoms with Crippen molar-refractivity contribution in [3.8, 4) is 0 Å². The molecule has 6 heteroatoms. The molecule has 0 aliphatic rings. The van der Waals surface area contributed by atoms with E-state index in [2.05, 4.69) is 10.0 Å². The van der Waals surface area contributed by atoms with E-state index in [1.54, 1.807) is 11.4 Å². The number of anilines is 1. The summed E-state index contributed by atoms with van der Waals surface area (Å²) in [6, 6.07) is 7.45. The quantitative estimate of drug-likeness (QED) is 0.857. The van der Waals surface area contributed by atoms with Gasteiger partial charge in [-0.05, 0) is 43.7 Å². The van der Waals surface area contributed by atoms with Gasteiger partial charge in [-0.3, -0.25) is 4.72 Å². The Morgan fingerprint density at radius 2 is 1.95 bits per heavy atom. The first kappa shape index (κ1) is 16.0. The molecule has 114 valence electrons. The van der Waals surface area contributed by atoms with Crippen molar-refractivity contribution in [2.75, 3.05) is 11.3 Å². The number of sulfonamides is 1. The first-order valence-electron chi connectivity index (χ1n) is 6.80. The van der Waals surface area contributed by atoms with E-state index in [1.165, 1.54) is 11.3 Å². The highest BCUT2D eigenvalue weighted by atomic mass is 32.2. The minimum absolute atomic E-state index is 0.321. The molecule has 4 nitrogen and oxygen atoms in total. The highest BCUT2D eigenvalue weighted by molar-refractivity contribution is 7.92. The van der Waals surface area contributed by atoms with Crippen molar-refractivity contribution in [2.24, 2.45) is 0 Å². The van der Waals surface area contributed by atoms with Gasteiger partial charge in [-0.2, -0.15) is 0 Å². The lowest BCUT2D eigenvalue weighted by molar-refractivity contribution is 0.601. The van der Waals surface area contributed by atoms with Gasteiger partial charge in [0.25, 0.3) is 10.0 Å². The van der Waals surface area contributed by atoms with Crippen molar-refractivity contribution in [1.82, 2.24) is 5.32 Å². The van der Waals surface area contributed by atoms with Gasteiger partial charge in [0, 0.05) is 16.8 Å². The molecule has 2 N–H and O–H groups in total. The van der Waals surface area contributed by atoms with Crippen LogP contribution >= 0.6 is 11.3 Å². The summed E-state index contributed by atoms with van der Waals surface area (Å²) >= 11 is 1.45. The molecule has 1 heterocycles. The topological polar surface area (TPSA) is 58.2 Å². The van der Waals surface area contributed by atoms with Gasteiger partial charge in [-0.15, -0.1) is 11.3 Å². The summed E-state index contributed by atoms with van der Waals surface area (Å²) in [6.07, 6.45) is 0. The Kier molecular flexibility index (Phi) is 5.03. The Labute approximate surface area is 130 Å². The van der Waals surface area contributed by atoms with Gasteiger partial charge >= 0.3 is 0 Å². The van der Waals surface area contributed by atoms with Crippen molar-refractivity contribution in [1.29, 1.82) is 0 Å². The van der Waals surface area contributed by atoms with E-state index in [-0.39, 0.29) is 0 Å². The lowest BCUT2D eigenvalue weighted by Gasteiger charge is -2.10. The largest absolute Gasteiger partial charge is 0.312 e. The third kappa shape index (κ3) is 4.06. The third-order valence-corrected chi connectivity index (χ3v) is 5.56. The van der Waals surface area contributed by atoms with Crippen molar-refractivity contribution in [2.45, 2.75) is 32.2 Å². The number of nitrogens with one attached hydrogen (secondary N) is 2. The first-order chi connectivity index (χ1) is 9.92. The third-order valence-electron chi connectivity index (χ3n) is 3.13. The summed E-state index contributed by atoms with van der Waals surface area (Å²) in [4.78, 5) is 1.33. The van der Waals surface area contributed by atoms with E-state index in [9.17, 15) is 8.42 Å². The molecule has 0 aliphatic heterocycles. The molecule has 2 aromatic rings. The average Bonchev–Trinajstić information content (AvgIpc) is 2.90. The predicted octanol–water partition coefficient (Wildman–Crippen LogP) is 3.28. The summed E-state index contributed by atoms with van der Waals surface area (Å²) in [5.41, 5.74) is 2.57. The summed E-state index contributed by atoms with van der Waals surface area (Å²) in [6.45, 7) is 7.41. The Hall–Kier alpha value is -1.37. The van der Waals surface area contributed by atoms with Crippen LogP contribution in [0.4, 0.5) is 5.69 Å². The number of hydrogen-bond donors (Lipinski definition) is 2. The molecule has 0 fully saturated rings. The average molecular weight is 324 g/mol. The Balaban J connectivity index is 2.22. The van der Waals surface area contributed by atoms with E-state index in [0.29, 0.717) is 17.1 Å². The zero-order valence-corrected chi connectivity index (χ0v) is 14.1. The van der Waals surface area contributed by atoms with Crippen LogP contribution in [0, 0.1) is 13.8 Å². The molecule has 0 aliphatic carbocycles. The molecule has 21 heavy (non-hydrogen) atoms. The first-order valence-corrected chi connectivity index (χ1v) is 9.17. The fourth-order valence-electron chi connectivity index (χ4n) is 1.89. The summed E-state index contributed by atoms with van der Waals surface area (Å²) < 4.78 is 27.5. The predicted molar refractivity (Wildman–Crippen MR) is 88.4 cm³/mol. The van der Waals surface area contributed by atoms with Crippen LogP contribution in [-0.2, 0) is 16.6 Å². The van der Waals surface area contributed by atoms with Gasteiger partial charge in [0.2, 0.25) is 0 Å². The Morgan fingerprint density at radius 3 is 2.67 bits per heavy atom. The number of thiophene rings is 1. The van der Waals surface area contributed by atoms with Gasteiger partial charge < -0.3 is 5.32 Å². The highest BCUT2D eigenvalue weighted by Crippen LogP contribution is 2.24. The molecular formula is C15H20N2O2S2. The molecule has 2 rings (SSSR count). The van der Waals surface area contributed by atoms with E-state index >= 15 is 0 Å². The molecule has 0 unspecified atom stereocenters. The van der Waals surface area contributed by atoms with Crippen LogP contribution in [0.25, 0.3) is 0 Å². The van der Waals surface area contributed by atoms with Crippen molar-refractivity contribution in [3.05, 3.63) is 45.6 Å². The van der Waals surface area contributed by atoms with Crippen molar-refractivity contribution in [3.63, 3.8) is 0 Å². The summed E-state index contributed by atoms with van der Waals surface area (Å²) in [7, 11) is -3.52. The normalized spacial score (nSPS) is 11.6. The van der Waals surface area contributed by atoms with Gasteiger partial charge in [0.05, 0.1) is 10.6 Å². The van der Waals surface area contributed by atoms with Crippen molar-refractivity contribution < 1.29 is 8.42 Å². The molecule has 0 bridgehead atoms. The minimum atomic E-state index is -3.52. The molecule has 0 saturated heterocycles. The molecule has 0 spiro atoms. The lowest BCUT2D eigenvalue weighted by atomic mass is 10.1. The van der Waals surface area contributed by atoms with Crippen LogP contribution in [0.2, 0.25) is 0 Å². The van der Waals surface area contributed by atoms with Crippen LogP contribution in [0.1, 0.15) is 22.9 Å². The van der Waals surface area contributed by atoms with Crippen LogP contribution in [0.5, 0.6) is 0 Å². The molecule has 0 saturated carbocycles. The van der Waals surface area contributed by atoms with E-state index in [0.717, 1.165) is 22.5 Å². The maximum absolute atomic E-state index is 12.4. The van der Waals surface area contributed by atoms with Crippen LogP contribution in [0.15, 0.2) is 34.5 Å². The van der Waals surface area contributed by atoms with Crippen molar-refractivity contribution >= 4 is 27.0 Å². The maximum Gasteiger partial charge on any atom is 0.262 e. The molecular weight excluding hydrogens is 304 g/mol. The van der Waals surface area contributed by atoms with Gasteiger partial charge in [0.1, 0.15) is 0 Å². The Bertz CT molecular complexity index is 721. The van der Waals surface area contributed by atoms with Gasteiger partial charge in [-0.25, -0.2) is 8.42 Å². The molecule has 1 aromatic heterocycles. The van der Waals surface area contributed by atoms with Gasteiger partial charge in [-0.1, -0.05) is 19.1 Å². The van der Waals surface area contributed by atoms with Crippen LogP contribution in [-0.4, -0.2) is 15.0 Å². The molecule has 1 aromatic carbocycles. The lowest BCUT2D eigenvalue weighted by Crippen LogP contribution is -2.13. The second-order valence-corrected chi connectivity index (χ2v) is 7.63. The van der Waals surface area contributed by atoms with E-state index in [4.69, 9.17) is 0 Å². The van der Waals surface area contributed by atoms with Gasteiger partial charge in [0.15, 0.2) is 0 Å². The van der Waals surface area contributed by atoms with Crippen LogP contribution < -0.4 is 10.0 Å². The second-order valence-electron chi connectivity index (χ2n) is 4.95. The molecule has 0 atom stereocenters. The standard InChI is InChI=1S/C15H20N2O2S2/c1-4-16-9-13-8-14(10-20-13)21(18,19)17-15-7-11(2)5-6-12(15)3/h5-8,10,16-17H,4,9H2,1-3H3.